The Morgan fingerprint density at radius 2 is 2.00 bits per heavy atom. The van der Waals surface area contributed by atoms with E-state index in [9.17, 15) is 9.59 Å². The summed E-state index contributed by atoms with van der Waals surface area (Å²) in [4.78, 5) is 19.8. The van der Waals surface area contributed by atoms with Crippen LogP contribution in [-0.4, -0.2) is 11.1 Å². The monoisotopic (exact) mass is 214 g/mol. The normalized spacial score (nSPS) is 12.9. The van der Waals surface area contributed by atoms with E-state index >= 15 is 0 Å². The molecule has 0 saturated heterocycles. The molecule has 0 unspecified atom stereocenters. The fourth-order valence-corrected chi connectivity index (χ4v) is 0.621. The number of amides is 1. The standard InChI is InChI=1S/C7H8N2O.C2H3ClO/c8-7(10)6-2-1-4-9-5-3-6;1-2(3)4/h1-5,9H,(H2,8,10);1H3. The summed E-state index contributed by atoms with van der Waals surface area (Å²) in [5.41, 5.74) is 5.52. The van der Waals surface area contributed by atoms with Crippen LogP contribution in [0.15, 0.2) is 36.2 Å². The molecule has 0 aliphatic carbocycles. The molecule has 1 rings (SSSR count). The number of nitrogens with two attached hydrogens (primary N) is 1. The molecule has 0 atom stereocenters. The number of halogens is 1. The van der Waals surface area contributed by atoms with E-state index in [4.69, 9.17) is 5.73 Å². The summed E-state index contributed by atoms with van der Waals surface area (Å²) >= 11 is 4.64. The molecule has 0 saturated carbocycles. The molecule has 14 heavy (non-hydrogen) atoms. The Morgan fingerprint density at radius 3 is 2.50 bits per heavy atom. The van der Waals surface area contributed by atoms with Crippen molar-refractivity contribution in [1.29, 1.82) is 0 Å². The summed E-state index contributed by atoms with van der Waals surface area (Å²) in [5.74, 6) is -0.412. The molecular weight excluding hydrogens is 204 g/mol. The maximum Gasteiger partial charge on any atom is 0.248 e. The van der Waals surface area contributed by atoms with Gasteiger partial charge in [-0.1, -0.05) is 0 Å². The number of primary amides is 1. The van der Waals surface area contributed by atoms with E-state index < -0.39 is 5.91 Å². The minimum Gasteiger partial charge on any atom is -0.368 e. The lowest BCUT2D eigenvalue weighted by molar-refractivity contribution is -0.114. The molecule has 0 aromatic carbocycles. The lowest BCUT2D eigenvalue weighted by Gasteiger charge is -1.89. The molecule has 1 aliphatic rings. The molecule has 1 aliphatic heterocycles. The highest BCUT2D eigenvalue weighted by atomic mass is 35.5. The fraction of sp³-hybridized carbons (Fsp3) is 0.111. The SMILES string of the molecule is CC(=O)Cl.NC(=O)C1=CC=CNC=C1. The fourth-order valence-electron chi connectivity index (χ4n) is 0.621. The van der Waals surface area contributed by atoms with Crippen LogP contribution in [0.25, 0.3) is 0 Å². The second-order valence-corrected chi connectivity index (χ2v) is 2.85. The van der Waals surface area contributed by atoms with E-state index in [1.807, 2.05) is 0 Å². The van der Waals surface area contributed by atoms with Crippen molar-refractivity contribution < 1.29 is 9.59 Å². The smallest absolute Gasteiger partial charge is 0.248 e. The van der Waals surface area contributed by atoms with Crippen LogP contribution in [0.5, 0.6) is 0 Å². The van der Waals surface area contributed by atoms with Gasteiger partial charge in [-0.15, -0.1) is 0 Å². The molecule has 0 aromatic rings. The average molecular weight is 215 g/mol. The van der Waals surface area contributed by atoms with E-state index in [-0.39, 0.29) is 5.24 Å². The van der Waals surface area contributed by atoms with Crippen LogP contribution in [0.4, 0.5) is 0 Å². The van der Waals surface area contributed by atoms with E-state index in [1.54, 1.807) is 30.6 Å². The van der Waals surface area contributed by atoms with Gasteiger partial charge in [0.25, 0.3) is 0 Å². The maximum absolute atomic E-state index is 10.5. The second kappa shape index (κ2) is 6.91. The number of hydrogen-bond donors (Lipinski definition) is 2. The minimum absolute atomic E-state index is 0.361. The lowest BCUT2D eigenvalue weighted by atomic mass is 10.2. The van der Waals surface area contributed by atoms with Gasteiger partial charge in [0.2, 0.25) is 11.1 Å². The molecule has 1 amide bonds. The zero-order chi connectivity index (χ0) is 11.0. The van der Waals surface area contributed by atoms with E-state index in [0.29, 0.717) is 5.57 Å². The van der Waals surface area contributed by atoms with Gasteiger partial charge in [-0.05, 0) is 29.8 Å². The Labute approximate surface area is 87.1 Å². The largest absolute Gasteiger partial charge is 0.368 e. The number of nitrogens with one attached hydrogen (secondary N) is 1. The van der Waals surface area contributed by atoms with Crippen LogP contribution < -0.4 is 11.1 Å². The molecule has 0 fully saturated rings. The van der Waals surface area contributed by atoms with Crippen LogP contribution in [0.3, 0.4) is 0 Å². The van der Waals surface area contributed by atoms with Gasteiger partial charge in [-0.2, -0.15) is 0 Å². The Bertz CT molecular complexity index is 302. The van der Waals surface area contributed by atoms with E-state index in [0.717, 1.165) is 0 Å². The maximum atomic E-state index is 10.5. The van der Waals surface area contributed by atoms with Gasteiger partial charge in [-0.25, -0.2) is 0 Å². The molecule has 4 nitrogen and oxygen atoms in total. The van der Waals surface area contributed by atoms with Gasteiger partial charge in [0.05, 0.1) is 0 Å². The minimum atomic E-state index is -0.412. The van der Waals surface area contributed by atoms with Crippen molar-refractivity contribution in [2.24, 2.45) is 5.73 Å². The van der Waals surface area contributed by atoms with Gasteiger partial charge in [0.15, 0.2) is 0 Å². The highest BCUT2D eigenvalue weighted by molar-refractivity contribution is 6.62. The number of hydrogen-bond acceptors (Lipinski definition) is 3. The summed E-state index contributed by atoms with van der Waals surface area (Å²) in [6.45, 7) is 1.29. The lowest BCUT2D eigenvalue weighted by Crippen LogP contribution is -2.12. The molecule has 76 valence electrons. The summed E-state index contributed by atoms with van der Waals surface area (Å²) in [6, 6.07) is 0. The quantitative estimate of drug-likeness (QED) is 0.635. The zero-order valence-electron chi connectivity index (χ0n) is 7.66. The van der Waals surface area contributed by atoms with Gasteiger partial charge in [0, 0.05) is 24.9 Å². The highest BCUT2D eigenvalue weighted by Crippen LogP contribution is 1.97. The third-order valence-electron chi connectivity index (χ3n) is 1.11. The molecular formula is C9H11ClN2O2. The van der Waals surface area contributed by atoms with Crippen LogP contribution in [-0.2, 0) is 9.59 Å². The predicted molar refractivity (Wildman–Crippen MR) is 55.2 cm³/mol. The zero-order valence-corrected chi connectivity index (χ0v) is 8.41. The third kappa shape index (κ3) is 7.12. The van der Waals surface area contributed by atoms with Gasteiger partial charge in [-0.3, -0.25) is 9.59 Å². The first-order chi connectivity index (χ1) is 6.54. The Morgan fingerprint density at radius 1 is 1.43 bits per heavy atom. The summed E-state index contributed by atoms with van der Waals surface area (Å²) in [5, 5.41) is 2.45. The number of allylic oxidation sites excluding steroid dienone is 2. The van der Waals surface area contributed by atoms with Crippen molar-refractivity contribution in [2.45, 2.75) is 6.92 Å². The number of rotatable bonds is 1. The molecule has 0 spiro atoms. The Kier molecular flexibility index (Phi) is 6.15. The van der Waals surface area contributed by atoms with Crippen molar-refractivity contribution in [1.82, 2.24) is 5.32 Å². The molecule has 1 heterocycles. The van der Waals surface area contributed by atoms with Crippen LogP contribution in [0.1, 0.15) is 6.92 Å². The number of carbonyl (C=O) groups excluding carboxylic acids is 2. The van der Waals surface area contributed by atoms with Crippen molar-refractivity contribution in [3.05, 3.63) is 36.2 Å². The Hall–Kier alpha value is -1.55. The highest BCUT2D eigenvalue weighted by Gasteiger charge is 1.98. The van der Waals surface area contributed by atoms with E-state index in [1.165, 1.54) is 6.92 Å². The predicted octanol–water partition coefficient (Wildman–Crippen LogP) is 0.800. The van der Waals surface area contributed by atoms with Gasteiger partial charge >= 0.3 is 0 Å². The first kappa shape index (κ1) is 12.4. The Balaban J connectivity index is 0.000000364. The van der Waals surface area contributed by atoms with Crippen molar-refractivity contribution >= 4 is 22.8 Å². The first-order valence-corrected chi connectivity index (χ1v) is 4.17. The van der Waals surface area contributed by atoms with Crippen molar-refractivity contribution in [2.75, 3.05) is 0 Å². The van der Waals surface area contributed by atoms with Gasteiger partial charge in [0.1, 0.15) is 0 Å². The summed E-state index contributed by atoms with van der Waals surface area (Å²) < 4.78 is 0. The van der Waals surface area contributed by atoms with Gasteiger partial charge < -0.3 is 11.1 Å². The van der Waals surface area contributed by atoms with Crippen molar-refractivity contribution in [3.63, 3.8) is 0 Å². The summed E-state index contributed by atoms with van der Waals surface area (Å²) in [6.07, 6.45) is 8.37. The molecule has 0 aromatic heterocycles. The van der Waals surface area contributed by atoms with Crippen molar-refractivity contribution in [3.8, 4) is 0 Å². The first-order valence-electron chi connectivity index (χ1n) is 3.79. The van der Waals surface area contributed by atoms with Crippen LogP contribution in [0, 0.1) is 0 Å². The van der Waals surface area contributed by atoms with Crippen LogP contribution >= 0.6 is 11.6 Å². The summed E-state index contributed by atoms with van der Waals surface area (Å²) in [7, 11) is 0. The second-order valence-electron chi connectivity index (χ2n) is 2.32. The van der Waals surface area contributed by atoms with E-state index in [2.05, 4.69) is 16.9 Å². The molecule has 3 N–H and O–H groups in total. The molecule has 5 heteroatoms. The van der Waals surface area contributed by atoms with Crippen LogP contribution in [0.2, 0.25) is 0 Å². The topological polar surface area (TPSA) is 72.2 Å². The molecule has 0 radical (unpaired) electrons. The number of carbonyl (C=O) groups is 2. The molecule has 0 bridgehead atoms. The third-order valence-corrected chi connectivity index (χ3v) is 1.11. The average Bonchev–Trinajstić information content (AvgIpc) is 2.29.